The fraction of sp³-hybridized carbons (Fsp3) is 0.400. The van der Waals surface area contributed by atoms with Crippen molar-refractivity contribution in [3.8, 4) is 0 Å². The average molecular weight is 385 g/mol. The lowest BCUT2D eigenvalue weighted by atomic mass is 9.84. The Bertz CT molecular complexity index is 837. The van der Waals surface area contributed by atoms with Crippen LogP contribution in [0.3, 0.4) is 0 Å². The molecule has 0 radical (unpaired) electrons. The van der Waals surface area contributed by atoms with Crippen molar-refractivity contribution in [3.05, 3.63) is 53.5 Å². The van der Waals surface area contributed by atoms with Gasteiger partial charge < -0.3 is 16.0 Å². The van der Waals surface area contributed by atoms with Crippen LogP contribution in [0.5, 0.6) is 0 Å². The minimum atomic E-state index is -0.530. The van der Waals surface area contributed by atoms with Crippen molar-refractivity contribution >= 4 is 17.6 Å². The molecule has 148 valence electrons. The largest absolute Gasteiger partial charge is 0.368 e. The standard InChI is InChI=1S/C20H24FN5O2/c1-20(2,13-5-7-14(21)8-6-13)12-23-17-10-9-16(25-26-17)19(28)24-15-4-3-11-22-18(15)27/h5-10,15H,3-4,11-12H2,1-2H3,(H,22,27)(H,23,26)(H,24,28). The topological polar surface area (TPSA) is 96.0 Å². The SMILES string of the molecule is CC(C)(CNc1ccc(C(=O)NC2CCCNC2=O)nn1)c1ccc(F)cc1. The Morgan fingerprint density at radius 1 is 1.21 bits per heavy atom. The molecule has 1 aromatic carbocycles. The van der Waals surface area contributed by atoms with Gasteiger partial charge in [-0.3, -0.25) is 9.59 Å². The maximum absolute atomic E-state index is 13.1. The molecule has 1 fully saturated rings. The van der Waals surface area contributed by atoms with Crippen LogP contribution in [0.25, 0.3) is 0 Å². The van der Waals surface area contributed by atoms with Crippen LogP contribution in [-0.2, 0) is 10.2 Å². The lowest BCUT2D eigenvalue weighted by Gasteiger charge is -2.26. The van der Waals surface area contributed by atoms with Gasteiger partial charge in [-0.05, 0) is 42.7 Å². The first-order valence-electron chi connectivity index (χ1n) is 9.27. The third kappa shape index (κ3) is 4.82. The number of hydrogen-bond donors (Lipinski definition) is 3. The van der Waals surface area contributed by atoms with Gasteiger partial charge in [-0.1, -0.05) is 26.0 Å². The van der Waals surface area contributed by atoms with Crippen molar-refractivity contribution in [2.24, 2.45) is 0 Å². The summed E-state index contributed by atoms with van der Waals surface area (Å²) >= 11 is 0. The van der Waals surface area contributed by atoms with Gasteiger partial charge >= 0.3 is 0 Å². The van der Waals surface area contributed by atoms with Gasteiger partial charge in [0.15, 0.2) is 5.69 Å². The monoisotopic (exact) mass is 385 g/mol. The van der Waals surface area contributed by atoms with E-state index in [0.717, 1.165) is 12.0 Å². The Labute approximate surface area is 163 Å². The number of nitrogens with one attached hydrogen (secondary N) is 3. The second-order valence-electron chi connectivity index (χ2n) is 7.51. The second kappa shape index (κ2) is 8.33. The van der Waals surface area contributed by atoms with E-state index in [1.54, 1.807) is 24.3 Å². The van der Waals surface area contributed by atoms with Crippen LogP contribution >= 0.6 is 0 Å². The van der Waals surface area contributed by atoms with E-state index in [4.69, 9.17) is 0 Å². The Morgan fingerprint density at radius 3 is 2.61 bits per heavy atom. The summed E-state index contributed by atoms with van der Waals surface area (Å²) in [7, 11) is 0. The van der Waals surface area contributed by atoms with Gasteiger partial charge in [0, 0.05) is 18.5 Å². The van der Waals surface area contributed by atoms with Gasteiger partial charge in [0.2, 0.25) is 5.91 Å². The molecule has 2 heterocycles. The lowest BCUT2D eigenvalue weighted by Crippen LogP contribution is -2.50. The van der Waals surface area contributed by atoms with Crippen molar-refractivity contribution in [3.63, 3.8) is 0 Å². The van der Waals surface area contributed by atoms with Crippen LogP contribution < -0.4 is 16.0 Å². The van der Waals surface area contributed by atoms with E-state index < -0.39 is 11.9 Å². The minimum Gasteiger partial charge on any atom is -0.368 e. The maximum atomic E-state index is 13.1. The fourth-order valence-electron chi connectivity index (χ4n) is 3.00. The molecule has 2 amide bonds. The fourth-order valence-corrected chi connectivity index (χ4v) is 3.00. The smallest absolute Gasteiger partial charge is 0.272 e. The van der Waals surface area contributed by atoms with E-state index in [1.807, 2.05) is 13.8 Å². The van der Waals surface area contributed by atoms with Crippen molar-refractivity contribution in [2.75, 3.05) is 18.4 Å². The molecule has 1 aliphatic rings. The second-order valence-corrected chi connectivity index (χ2v) is 7.51. The molecule has 1 atom stereocenters. The first kappa shape index (κ1) is 19.7. The third-order valence-corrected chi connectivity index (χ3v) is 4.82. The molecule has 7 nitrogen and oxygen atoms in total. The van der Waals surface area contributed by atoms with E-state index in [9.17, 15) is 14.0 Å². The van der Waals surface area contributed by atoms with Crippen LogP contribution in [0.1, 0.15) is 42.7 Å². The zero-order valence-electron chi connectivity index (χ0n) is 16.0. The Morgan fingerprint density at radius 2 is 1.96 bits per heavy atom. The summed E-state index contributed by atoms with van der Waals surface area (Å²) in [6.45, 7) is 5.27. The van der Waals surface area contributed by atoms with E-state index in [1.165, 1.54) is 12.1 Å². The summed E-state index contributed by atoms with van der Waals surface area (Å²) in [4.78, 5) is 24.0. The molecule has 2 aromatic rings. The molecule has 28 heavy (non-hydrogen) atoms. The number of nitrogens with zero attached hydrogens (tertiary/aromatic N) is 2. The van der Waals surface area contributed by atoms with Crippen LogP contribution in [0.4, 0.5) is 10.2 Å². The van der Waals surface area contributed by atoms with E-state index in [0.29, 0.717) is 25.3 Å². The number of benzene rings is 1. The number of hydrogen-bond acceptors (Lipinski definition) is 5. The van der Waals surface area contributed by atoms with Crippen LogP contribution in [-0.4, -0.2) is 41.1 Å². The highest BCUT2D eigenvalue weighted by atomic mass is 19.1. The van der Waals surface area contributed by atoms with Gasteiger partial charge in [-0.25, -0.2) is 4.39 Å². The van der Waals surface area contributed by atoms with Gasteiger partial charge in [0.1, 0.15) is 17.7 Å². The number of carbonyl (C=O) groups is 2. The molecular weight excluding hydrogens is 361 g/mol. The molecule has 3 N–H and O–H groups in total. The summed E-state index contributed by atoms with van der Waals surface area (Å²) in [5.41, 5.74) is 0.901. The van der Waals surface area contributed by atoms with Crippen molar-refractivity contribution in [1.29, 1.82) is 0 Å². The van der Waals surface area contributed by atoms with Gasteiger partial charge in [-0.15, -0.1) is 10.2 Å². The quantitative estimate of drug-likeness (QED) is 0.707. The van der Waals surface area contributed by atoms with Crippen molar-refractivity contribution < 1.29 is 14.0 Å². The maximum Gasteiger partial charge on any atom is 0.272 e. The molecule has 1 aromatic heterocycles. The summed E-state index contributed by atoms with van der Waals surface area (Å²) in [5, 5.41) is 16.6. The third-order valence-electron chi connectivity index (χ3n) is 4.82. The molecule has 0 spiro atoms. The molecule has 3 rings (SSSR count). The number of aromatic nitrogens is 2. The predicted molar refractivity (Wildman–Crippen MR) is 103 cm³/mol. The molecule has 1 aliphatic heterocycles. The molecular formula is C20H24FN5O2. The normalized spacial score (nSPS) is 17.0. The lowest BCUT2D eigenvalue weighted by molar-refractivity contribution is -0.124. The average Bonchev–Trinajstić information content (AvgIpc) is 2.69. The van der Waals surface area contributed by atoms with E-state index in [-0.39, 0.29) is 22.8 Å². The molecule has 0 aliphatic carbocycles. The highest BCUT2D eigenvalue weighted by molar-refractivity contribution is 5.96. The van der Waals surface area contributed by atoms with Gasteiger partial charge in [0.05, 0.1) is 0 Å². The predicted octanol–water partition coefficient (Wildman–Crippen LogP) is 2.01. The minimum absolute atomic E-state index is 0.154. The number of piperidine rings is 1. The Balaban J connectivity index is 1.57. The summed E-state index contributed by atoms with van der Waals surface area (Å²) < 4.78 is 13.1. The number of anilines is 1. The Kier molecular flexibility index (Phi) is 5.87. The Hall–Kier alpha value is -3.03. The zero-order chi connectivity index (χ0) is 20.1. The number of carbonyl (C=O) groups excluding carboxylic acids is 2. The molecule has 1 saturated heterocycles. The number of amides is 2. The summed E-state index contributed by atoms with van der Waals surface area (Å²) in [6, 6.07) is 9.11. The molecule has 1 unspecified atom stereocenters. The van der Waals surface area contributed by atoms with Crippen molar-refractivity contribution in [2.45, 2.75) is 38.1 Å². The van der Waals surface area contributed by atoms with Crippen LogP contribution in [0, 0.1) is 5.82 Å². The zero-order valence-corrected chi connectivity index (χ0v) is 16.0. The highest BCUT2D eigenvalue weighted by Gasteiger charge is 2.25. The molecule has 8 heteroatoms. The summed E-state index contributed by atoms with van der Waals surface area (Å²) in [6.07, 6.45) is 1.44. The highest BCUT2D eigenvalue weighted by Crippen LogP contribution is 2.23. The number of rotatable bonds is 6. The van der Waals surface area contributed by atoms with Gasteiger partial charge in [0.25, 0.3) is 5.91 Å². The van der Waals surface area contributed by atoms with Gasteiger partial charge in [-0.2, -0.15) is 0 Å². The first-order valence-corrected chi connectivity index (χ1v) is 9.27. The van der Waals surface area contributed by atoms with Crippen LogP contribution in [0.15, 0.2) is 36.4 Å². The van der Waals surface area contributed by atoms with E-state index >= 15 is 0 Å². The van der Waals surface area contributed by atoms with E-state index in [2.05, 4.69) is 26.1 Å². The molecule has 0 bridgehead atoms. The molecule has 0 saturated carbocycles. The first-order chi connectivity index (χ1) is 13.3. The number of halogens is 1. The summed E-state index contributed by atoms with van der Waals surface area (Å²) in [5.74, 6) is -0.332. The van der Waals surface area contributed by atoms with Crippen LogP contribution in [0.2, 0.25) is 0 Å². The van der Waals surface area contributed by atoms with Crippen molar-refractivity contribution in [1.82, 2.24) is 20.8 Å².